The van der Waals surface area contributed by atoms with Gasteiger partial charge >= 0.3 is 0 Å². The topological polar surface area (TPSA) is 52.6 Å². The lowest BCUT2D eigenvalue weighted by molar-refractivity contribution is 0.0946. The van der Waals surface area contributed by atoms with E-state index in [0.717, 1.165) is 25.1 Å². The van der Waals surface area contributed by atoms with Crippen LogP contribution in [0, 0.1) is 12.8 Å². The summed E-state index contributed by atoms with van der Waals surface area (Å²) in [6.45, 7) is 4.87. The number of hydrogen-bond donors (Lipinski definition) is 2. The van der Waals surface area contributed by atoms with Gasteiger partial charge in [-0.25, -0.2) is 0 Å². The van der Waals surface area contributed by atoms with Crippen LogP contribution in [-0.4, -0.2) is 42.6 Å². The molecule has 0 saturated carbocycles. The number of nitrogens with zero attached hydrogens (tertiary/aromatic N) is 1. The largest absolute Gasteiger partial charge is 0.507 e. The Morgan fingerprint density at radius 3 is 2.75 bits per heavy atom. The number of phenols is 1. The molecule has 0 aliphatic carbocycles. The molecule has 2 N–H and O–H groups in total. The highest BCUT2D eigenvalue weighted by molar-refractivity contribution is 5.96. The summed E-state index contributed by atoms with van der Waals surface area (Å²) < 4.78 is 0. The quantitative estimate of drug-likeness (QED) is 0.886. The van der Waals surface area contributed by atoms with Gasteiger partial charge in [-0.1, -0.05) is 6.07 Å². The van der Waals surface area contributed by atoms with Gasteiger partial charge < -0.3 is 15.3 Å². The molecule has 1 fully saturated rings. The summed E-state index contributed by atoms with van der Waals surface area (Å²) in [7, 11) is 2.15. The fourth-order valence-corrected chi connectivity index (χ4v) is 2.67. The van der Waals surface area contributed by atoms with Crippen molar-refractivity contribution in [3.8, 4) is 5.75 Å². The van der Waals surface area contributed by atoms with Crippen molar-refractivity contribution in [3.05, 3.63) is 29.3 Å². The third kappa shape index (κ3) is 3.97. The normalized spacial score (nSPS) is 17.1. The van der Waals surface area contributed by atoms with Crippen LogP contribution in [0.1, 0.15) is 35.2 Å². The van der Waals surface area contributed by atoms with E-state index in [9.17, 15) is 9.90 Å². The van der Waals surface area contributed by atoms with E-state index in [1.807, 2.05) is 13.0 Å². The van der Waals surface area contributed by atoms with Crippen LogP contribution in [0.4, 0.5) is 0 Å². The monoisotopic (exact) mass is 276 g/mol. The lowest BCUT2D eigenvalue weighted by Gasteiger charge is -2.28. The zero-order chi connectivity index (χ0) is 14.5. The standard InChI is InChI=1S/C16H24N2O2/c1-12-3-4-14(15(19)11-12)16(20)17-8-5-13-6-9-18(2)10-7-13/h3-4,11,13,19H,5-10H2,1-2H3,(H,17,20). The summed E-state index contributed by atoms with van der Waals surface area (Å²) in [5.41, 5.74) is 1.31. The second kappa shape index (κ2) is 6.75. The molecule has 0 aromatic heterocycles. The summed E-state index contributed by atoms with van der Waals surface area (Å²) >= 11 is 0. The number of rotatable bonds is 4. The summed E-state index contributed by atoms with van der Waals surface area (Å²) in [5.74, 6) is 0.579. The van der Waals surface area contributed by atoms with Gasteiger partial charge in [0.2, 0.25) is 0 Å². The molecule has 110 valence electrons. The maximum absolute atomic E-state index is 12.0. The number of nitrogens with one attached hydrogen (secondary N) is 1. The third-order valence-corrected chi connectivity index (χ3v) is 4.07. The van der Waals surface area contributed by atoms with Gasteiger partial charge in [0.15, 0.2) is 0 Å². The zero-order valence-electron chi connectivity index (χ0n) is 12.4. The van der Waals surface area contributed by atoms with Crippen molar-refractivity contribution in [2.45, 2.75) is 26.2 Å². The van der Waals surface area contributed by atoms with E-state index in [-0.39, 0.29) is 11.7 Å². The van der Waals surface area contributed by atoms with Crippen LogP contribution in [-0.2, 0) is 0 Å². The van der Waals surface area contributed by atoms with Crippen LogP contribution in [0.3, 0.4) is 0 Å². The van der Waals surface area contributed by atoms with E-state index in [1.165, 1.54) is 12.8 Å². The molecule has 1 amide bonds. The summed E-state index contributed by atoms with van der Waals surface area (Å²) in [4.78, 5) is 14.3. The highest BCUT2D eigenvalue weighted by Gasteiger charge is 2.17. The predicted octanol–water partition coefficient (Wildman–Crippen LogP) is 2.16. The maximum atomic E-state index is 12.0. The number of aromatic hydroxyl groups is 1. The Bertz CT molecular complexity index is 466. The second-order valence-electron chi connectivity index (χ2n) is 5.81. The number of carbonyl (C=O) groups excluding carboxylic acids is 1. The Morgan fingerprint density at radius 1 is 1.40 bits per heavy atom. The third-order valence-electron chi connectivity index (χ3n) is 4.07. The second-order valence-corrected chi connectivity index (χ2v) is 5.81. The van der Waals surface area contributed by atoms with Gasteiger partial charge in [-0.2, -0.15) is 0 Å². The number of piperidine rings is 1. The molecule has 0 atom stereocenters. The molecule has 0 spiro atoms. The van der Waals surface area contributed by atoms with E-state index in [1.54, 1.807) is 12.1 Å². The first kappa shape index (κ1) is 14.9. The first-order valence-corrected chi connectivity index (χ1v) is 7.32. The van der Waals surface area contributed by atoms with Gasteiger partial charge in [0.05, 0.1) is 5.56 Å². The lowest BCUT2D eigenvalue weighted by atomic mass is 9.94. The van der Waals surface area contributed by atoms with Gasteiger partial charge in [0.1, 0.15) is 5.75 Å². The summed E-state index contributed by atoms with van der Waals surface area (Å²) in [5, 5.41) is 12.7. The number of aryl methyl sites for hydroxylation is 1. The van der Waals surface area contributed by atoms with Gasteiger partial charge in [-0.3, -0.25) is 4.79 Å². The number of hydrogen-bond acceptors (Lipinski definition) is 3. The Morgan fingerprint density at radius 2 is 2.10 bits per heavy atom. The molecule has 1 aliphatic heterocycles. The molecule has 1 heterocycles. The molecule has 0 unspecified atom stereocenters. The predicted molar refractivity (Wildman–Crippen MR) is 80.0 cm³/mol. The molecule has 1 aliphatic rings. The van der Waals surface area contributed by atoms with E-state index < -0.39 is 0 Å². The van der Waals surface area contributed by atoms with Crippen LogP contribution in [0.5, 0.6) is 5.75 Å². The molecule has 1 aromatic rings. The number of carbonyl (C=O) groups is 1. The first-order valence-electron chi connectivity index (χ1n) is 7.32. The SMILES string of the molecule is Cc1ccc(C(=O)NCCC2CCN(C)CC2)c(O)c1. The average Bonchev–Trinajstić information content (AvgIpc) is 2.41. The fourth-order valence-electron chi connectivity index (χ4n) is 2.67. The summed E-state index contributed by atoms with van der Waals surface area (Å²) in [6, 6.07) is 5.13. The Balaban J connectivity index is 1.77. The zero-order valence-corrected chi connectivity index (χ0v) is 12.4. The number of amides is 1. The molecule has 0 bridgehead atoms. The number of likely N-dealkylation sites (tertiary alicyclic amines) is 1. The minimum Gasteiger partial charge on any atom is -0.507 e. The molecule has 1 aromatic carbocycles. The Hall–Kier alpha value is -1.55. The number of benzene rings is 1. The fraction of sp³-hybridized carbons (Fsp3) is 0.562. The minimum absolute atomic E-state index is 0.0572. The molecule has 4 nitrogen and oxygen atoms in total. The maximum Gasteiger partial charge on any atom is 0.255 e. The summed E-state index contributed by atoms with van der Waals surface area (Å²) in [6.07, 6.45) is 3.44. The Kier molecular flexibility index (Phi) is 5.01. The highest BCUT2D eigenvalue weighted by atomic mass is 16.3. The molecule has 0 radical (unpaired) electrons. The van der Waals surface area contributed by atoms with Gasteiger partial charge in [-0.15, -0.1) is 0 Å². The average molecular weight is 276 g/mol. The first-order chi connectivity index (χ1) is 9.56. The molecular formula is C16H24N2O2. The van der Waals surface area contributed by atoms with Crippen molar-refractivity contribution >= 4 is 5.91 Å². The van der Waals surface area contributed by atoms with E-state index in [4.69, 9.17) is 0 Å². The lowest BCUT2D eigenvalue weighted by Crippen LogP contribution is -2.32. The molecule has 20 heavy (non-hydrogen) atoms. The van der Waals surface area contributed by atoms with E-state index in [2.05, 4.69) is 17.3 Å². The van der Waals surface area contributed by atoms with Gasteiger partial charge in [0.25, 0.3) is 5.91 Å². The van der Waals surface area contributed by atoms with Gasteiger partial charge in [0, 0.05) is 6.54 Å². The smallest absolute Gasteiger partial charge is 0.255 e. The van der Waals surface area contributed by atoms with Crippen molar-refractivity contribution in [2.24, 2.45) is 5.92 Å². The molecule has 2 rings (SSSR count). The molecule has 4 heteroatoms. The Labute approximate surface area is 120 Å². The van der Waals surface area contributed by atoms with E-state index >= 15 is 0 Å². The van der Waals surface area contributed by atoms with Crippen molar-refractivity contribution < 1.29 is 9.90 Å². The van der Waals surface area contributed by atoms with Crippen LogP contribution in [0.15, 0.2) is 18.2 Å². The van der Waals surface area contributed by atoms with Crippen LogP contribution in [0.25, 0.3) is 0 Å². The highest BCUT2D eigenvalue weighted by Crippen LogP contribution is 2.20. The van der Waals surface area contributed by atoms with Crippen molar-refractivity contribution in [1.29, 1.82) is 0 Å². The van der Waals surface area contributed by atoms with Crippen molar-refractivity contribution in [2.75, 3.05) is 26.7 Å². The van der Waals surface area contributed by atoms with E-state index in [0.29, 0.717) is 18.0 Å². The molecule has 1 saturated heterocycles. The van der Waals surface area contributed by atoms with Crippen molar-refractivity contribution in [3.63, 3.8) is 0 Å². The number of phenolic OH excluding ortho intramolecular Hbond substituents is 1. The molecular weight excluding hydrogens is 252 g/mol. The van der Waals surface area contributed by atoms with Crippen LogP contribution < -0.4 is 5.32 Å². The van der Waals surface area contributed by atoms with Crippen LogP contribution in [0.2, 0.25) is 0 Å². The van der Waals surface area contributed by atoms with Crippen molar-refractivity contribution in [1.82, 2.24) is 10.2 Å². The minimum atomic E-state index is -0.185. The van der Waals surface area contributed by atoms with Crippen LogP contribution >= 0.6 is 0 Å². The van der Waals surface area contributed by atoms with Gasteiger partial charge in [-0.05, 0) is 69.9 Å².